The quantitative estimate of drug-likeness (QED) is 0.393. The van der Waals surface area contributed by atoms with Crippen LogP contribution in [0.15, 0.2) is 4.52 Å². The first kappa shape index (κ1) is 28.1. The third-order valence-electron chi connectivity index (χ3n) is 10.3. The van der Waals surface area contributed by atoms with Gasteiger partial charge in [0.05, 0.1) is 42.3 Å². The second kappa shape index (κ2) is 10.0. The first-order chi connectivity index (χ1) is 21.2. The van der Waals surface area contributed by atoms with Gasteiger partial charge in [-0.3, -0.25) is 4.90 Å². The Labute approximate surface area is 257 Å². The average molecular weight is 624 g/mol. The molecule has 4 fully saturated rings. The minimum absolute atomic E-state index is 0.00912. The number of aromatic nitrogens is 5. The maximum absolute atomic E-state index is 14.4. The molecule has 232 valence electrons. The van der Waals surface area contributed by atoms with E-state index in [1.807, 2.05) is 11.8 Å². The van der Waals surface area contributed by atoms with Gasteiger partial charge >= 0.3 is 6.01 Å². The number of nitrogens with zero attached hydrogens (tertiary/aromatic N) is 8. The largest absolute Gasteiger partial charge is 0.461 e. The van der Waals surface area contributed by atoms with E-state index in [2.05, 4.69) is 26.1 Å². The fourth-order valence-electron chi connectivity index (χ4n) is 8.10. The fourth-order valence-corrected chi connectivity index (χ4v) is 9.29. The van der Waals surface area contributed by atoms with Crippen LogP contribution >= 0.6 is 11.3 Å². The number of alkyl halides is 1. The van der Waals surface area contributed by atoms with Crippen molar-refractivity contribution in [3.63, 3.8) is 0 Å². The van der Waals surface area contributed by atoms with Crippen LogP contribution in [-0.2, 0) is 16.6 Å². The Hall–Kier alpha value is -3.45. The maximum atomic E-state index is 14.4. The number of thiophene rings is 1. The predicted molar refractivity (Wildman–Crippen MR) is 156 cm³/mol. The third-order valence-corrected chi connectivity index (χ3v) is 11.4. The number of morpholine rings is 1. The van der Waals surface area contributed by atoms with Gasteiger partial charge in [0.1, 0.15) is 29.4 Å². The van der Waals surface area contributed by atoms with Gasteiger partial charge in [0, 0.05) is 29.8 Å². The Morgan fingerprint density at radius 3 is 2.91 bits per heavy atom. The number of nitrogen functional groups attached to an aromatic ring is 1. The molecule has 7 heterocycles. The lowest BCUT2D eigenvalue weighted by Crippen LogP contribution is -2.45. The fraction of sp³-hybridized carbons (Fsp3) is 0.655. The monoisotopic (exact) mass is 623 g/mol. The van der Waals surface area contributed by atoms with Gasteiger partial charge < -0.3 is 29.7 Å². The lowest BCUT2D eigenvalue weighted by atomic mass is 9.72. The van der Waals surface area contributed by atoms with Crippen molar-refractivity contribution in [1.29, 1.82) is 5.26 Å². The van der Waals surface area contributed by atoms with E-state index in [0.29, 0.717) is 54.9 Å². The number of aryl methyl sites for hydroxylation is 1. The molecular weight excluding hydrogens is 589 g/mol. The molecule has 5 atom stereocenters. The number of anilines is 2. The zero-order valence-electron chi connectivity index (χ0n) is 24.5. The van der Waals surface area contributed by atoms with E-state index in [1.165, 1.54) is 11.3 Å². The van der Waals surface area contributed by atoms with Crippen LogP contribution in [0.3, 0.4) is 0 Å². The Bertz CT molecular complexity index is 1660. The highest BCUT2D eigenvalue weighted by Crippen LogP contribution is 2.49. The van der Waals surface area contributed by atoms with E-state index in [0.717, 1.165) is 49.1 Å². The van der Waals surface area contributed by atoms with Crippen molar-refractivity contribution in [2.24, 2.45) is 0 Å². The molecule has 4 aliphatic heterocycles. The molecule has 3 aromatic rings. The van der Waals surface area contributed by atoms with Crippen LogP contribution in [0.4, 0.5) is 15.3 Å². The standard InChI is InChI=1S/C29H34FN9O4S/c1-27(5-2-4-19-20(27)18(10-31)21(32)44-19)24-33-23(37-43-24)22-34-25(39-13-29(14-40)9-17(39)12-42-29)36-26(35-22)41-15-28-6-3-7-38(28)11-16(30)8-28/h16-17,40H,2-9,11-15,32H2,1H3/t16-,17+,27+,28+,29+/m1/s1. The molecule has 0 saturated carbocycles. The number of hydrogen-bond donors (Lipinski definition) is 2. The molecule has 0 unspecified atom stereocenters. The summed E-state index contributed by atoms with van der Waals surface area (Å²) < 4.78 is 32.4. The third kappa shape index (κ3) is 4.22. The van der Waals surface area contributed by atoms with Gasteiger partial charge in [0.25, 0.3) is 0 Å². The van der Waals surface area contributed by atoms with Gasteiger partial charge in [-0.1, -0.05) is 5.16 Å². The predicted octanol–water partition coefficient (Wildman–Crippen LogP) is 2.37. The van der Waals surface area contributed by atoms with Crippen LogP contribution in [0.5, 0.6) is 6.01 Å². The maximum Gasteiger partial charge on any atom is 0.321 e. The molecular formula is C29H34FN9O4S. The van der Waals surface area contributed by atoms with Crippen molar-refractivity contribution >= 4 is 22.3 Å². The molecule has 4 saturated heterocycles. The van der Waals surface area contributed by atoms with Crippen LogP contribution < -0.4 is 15.4 Å². The van der Waals surface area contributed by atoms with Crippen molar-refractivity contribution < 1.29 is 23.5 Å². The van der Waals surface area contributed by atoms with Crippen LogP contribution in [-0.4, -0.2) is 97.9 Å². The SMILES string of the molecule is C[C@]1(c2nc(-c3nc(OC[C@@]45CCCN4C[C@H](F)C5)nc(N4C[C@]5(CO)C[C@H]4CO5)n3)no2)CCCc2sc(N)c(C#N)c21. The summed E-state index contributed by atoms with van der Waals surface area (Å²) in [5, 5.41) is 24.7. The summed E-state index contributed by atoms with van der Waals surface area (Å²) in [6.45, 7) is 4.31. The zero-order chi connectivity index (χ0) is 30.3. The van der Waals surface area contributed by atoms with E-state index in [4.69, 9.17) is 29.7 Å². The minimum Gasteiger partial charge on any atom is -0.461 e. The Kier molecular flexibility index (Phi) is 6.39. The van der Waals surface area contributed by atoms with Crippen molar-refractivity contribution in [2.75, 3.05) is 50.1 Å². The lowest BCUT2D eigenvalue weighted by molar-refractivity contribution is -0.0376. The Morgan fingerprint density at radius 2 is 2.09 bits per heavy atom. The van der Waals surface area contributed by atoms with Crippen LogP contribution in [0, 0.1) is 11.3 Å². The number of aliphatic hydroxyl groups excluding tert-OH is 1. The molecule has 0 amide bonds. The normalized spacial score (nSPS) is 32.6. The highest BCUT2D eigenvalue weighted by atomic mass is 32.1. The van der Waals surface area contributed by atoms with Crippen LogP contribution in [0.2, 0.25) is 0 Å². The molecule has 5 aliphatic rings. The molecule has 2 bridgehead atoms. The molecule has 0 spiro atoms. The highest BCUT2D eigenvalue weighted by Gasteiger charge is 2.52. The summed E-state index contributed by atoms with van der Waals surface area (Å²) in [7, 11) is 0. The molecule has 3 N–H and O–H groups in total. The lowest BCUT2D eigenvalue weighted by Gasteiger charge is -2.32. The summed E-state index contributed by atoms with van der Waals surface area (Å²) in [6.07, 6.45) is 4.52. The number of nitrogens with two attached hydrogens (primary N) is 1. The Morgan fingerprint density at radius 1 is 1.20 bits per heavy atom. The van der Waals surface area contributed by atoms with E-state index < -0.39 is 17.2 Å². The van der Waals surface area contributed by atoms with E-state index in [9.17, 15) is 14.8 Å². The number of aliphatic hydroxyl groups is 1. The molecule has 0 aromatic carbocycles. The molecule has 15 heteroatoms. The van der Waals surface area contributed by atoms with Crippen molar-refractivity contribution in [3.05, 3.63) is 21.9 Å². The molecule has 3 aromatic heterocycles. The second-order valence-electron chi connectivity index (χ2n) is 13.1. The second-order valence-corrected chi connectivity index (χ2v) is 14.2. The number of halogens is 1. The van der Waals surface area contributed by atoms with Gasteiger partial charge in [0.15, 0.2) is 0 Å². The Balaban J connectivity index is 1.15. The first-order valence-corrected chi connectivity index (χ1v) is 16.0. The van der Waals surface area contributed by atoms with Crippen molar-refractivity contribution in [2.45, 2.75) is 80.6 Å². The van der Waals surface area contributed by atoms with Gasteiger partial charge in [0.2, 0.25) is 23.5 Å². The number of nitriles is 1. The minimum atomic E-state index is -0.877. The summed E-state index contributed by atoms with van der Waals surface area (Å²) in [5.41, 5.74) is 5.82. The zero-order valence-corrected chi connectivity index (χ0v) is 25.3. The number of hydrogen-bond acceptors (Lipinski definition) is 14. The van der Waals surface area contributed by atoms with Gasteiger partial charge in [-0.15, -0.1) is 11.3 Å². The molecule has 13 nitrogen and oxygen atoms in total. The number of ether oxygens (including phenoxy) is 2. The van der Waals surface area contributed by atoms with Crippen LogP contribution in [0.25, 0.3) is 11.6 Å². The summed E-state index contributed by atoms with van der Waals surface area (Å²) in [6, 6.07) is 2.37. The first-order valence-electron chi connectivity index (χ1n) is 15.2. The molecule has 44 heavy (non-hydrogen) atoms. The topological polar surface area (TPSA) is 173 Å². The van der Waals surface area contributed by atoms with Gasteiger partial charge in [-0.05, 0) is 45.6 Å². The van der Waals surface area contributed by atoms with Crippen LogP contribution in [0.1, 0.15) is 67.3 Å². The molecule has 1 aliphatic carbocycles. The molecule has 0 radical (unpaired) electrons. The summed E-state index contributed by atoms with van der Waals surface area (Å²) in [4.78, 5) is 24.1. The number of rotatable bonds is 7. The smallest absolute Gasteiger partial charge is 0.321 e. The average Bonchev–Trinajstić information content (AvgIpc) is 3.85. The molecule has 8 rings (SSSR count). The highest BCUT2D eigenvalue weighted by molar-refractivity contribution is 7.16. The summed E-state index contributed by atoms with van der Waals surface area (Å²) in [5.74, 6) is 1.09. The van der Waals surface area contributed by atoms with E-state index >= 15 is 0 Å². The van der Waals surface area contributed by atoms with Crippen molar-refractivity contribution in [3.8, 4) is 23.7 Å². The number of fused-ring (bicyclic) bond motifs is 4. The van der Waals surface area contributed by atoms with E-state index in [1.54, 1.807) is 0 Å². The van der Waals surface area contributed by atoms with Gasteiger partial charge in [-0.2, -0.15) is 25.2 Å². The van der Waals surface area contributed by atoms with Gasteiger partial charge in [-0.25, -0.2) is 4.39 Å². The summed E-state index contributed by atoms with van der Waals surface area (Å²) >= 11 is 1.44. The van der Waals surface area contributed by atoms with Crippen molar-refractivity contribution in [1.82, 2.24) is 30.0 Å². The van der Waals surface area contributed by atoms with E-state index in [-0.39, 0.29) is 42.5 Å².